The molecular weight excluding hydrogens is 364 g/mol. The average molecular weight is 384 g/mol. The predicted octanol–water partition coefficient (Wildman–Crippen LogP) is 2.67. The van der Waals surface area contributed by atoms with Crippen molar-refractivity contribution in [2.24, 2.45) is 0 Å². The van der Waals surface area contributed by atoms with Gasteiger partial charge in [0.05, 0.1) is 7.11 Å². The molecule has 2 aromatic rings. The van der Waals surface area contributed by atoms with Gasteiger partial charge in [0.2, 0.25) is 0 Å². The zero-order valence-corrected chi connectivity index (χ0v) is 15.4. The second kappa shape index (κ2) is 8.56. The van der Waals surface area contributed by atoms with Gasteiger partial charge in [-0.3, -0.25) is 4.79 Å². The summed E-state index contributed by atoms with van der Waals surface area (Å²) in [5.74, 6) is -0.539. The van der Waals surface area contributed by atoms with Crippen LogP contribution in [0.3, 0.4) is 0 Å². The lowest BCUT2D eigenvalue weighted by molar-refractivity contribution is -0.142. The third-order valence-corrected chi connectivity index (χ3v) is 4.48. The molecule has 0 radical (unpaired) electrons. The number of allylic oxidation sites excluding steroid dienone is 1. The number of ether oxygens (including phenoxy) is 2. The second-order valence-corrected chi connectivity index (χ2v) is 6.36. The van der Waals surface area contributed by atoms with E-state index in [1.807, 2.05) is 0 Å². The number of rotatable bonds is 6. The van der Waals surface area contributed by atoms with Gasteiger partial charge >= 0.3 is 11.6 Å². The van der Waals surface area contributed by atoms with Gasteiger partial charge in [0.25, 0.3) is 0 Å². The number of esters is 1. The highest BCUT2D eigenvalue weighted by Gasteiger charge is 2.24. The molecule has 3 rings (SSSR count). The van der Waals surface area contributed by atoms with E-state index in [4.69, 9.17) is 9.15 Å². The maximum Gasteiger partial charge on any atom is 0.351 e. The highest BCUT2D eigenvalue weighted by Crippen LogP contribution is 2.30. The summed E-state index contributed by atoms with van der Waals surface area (Å²) in [6.07, 6.45) is 5.61. The largest absolute Gasteiger partial charge is 0.506 e. The number of fused-ring (bicyclic) bond motifs is 1. The number of aryl methyl sites for hydroxylation is 1. The molecule has 1 aromatic carbocycles. The Kier molecular flexibility index (Phi) is 5.93. The third-order valence-electron chi connectivity index (χ3n) is 4.48. The number of benzene rings is 1. The van der Waals surface area contributed by atoms with Crippen LogP contribution in [0.25, 0.3) is 6.08 Å². The Labute approximate surface area is 161 Å². The Hall–Kier alpha value is -3.35. The van der Waals surface area contributed by atoms with Crippen LogP contribution in [0, 0.1) is 0 Å². The maximum absolute atomic E-state index is 12.5. The molecule has 28 heavy (non-hydrogen) atoms. The molecule has 0 spiro atoms. The van der Waals surface area contributed by atoms with Crippen molar-refractivity contribution in [2.75, 3.05) is 13.7 Å². The third kappa shape index (κ3) is 4.31. The molecule has 7 nitrogen and oxygen atoms in total. The van der Waals surface area contributed by atoms with Crippen molar-refractivity contribution in [3.05, 3.63) is 63.2 Å². The van der Waals surface area contributed by atoms with E-state index in [2.05, 4.69) is 4.74 Å². The maximum atomic E-state index is 12.5. The number of carbonyl (C=O) groups is 2. The van der Waals surface area contributed by atoms with E-state index < -0.39 is 17.4 Å². The van der Waals surface area contributed by atoms with Gasteiger partial charge in [-0.25, -0.2) is 9.59 Å². The Morgan fingerprint density at radius 3 is 2.82 bits per heavy atom. The normalized spacial score (nSPS) is 13.2. The van der Waals surface area contributed by atoms with E-state index in [-0.39, 0.29) is 17.9 Å². The Morgan fingerprint density at radius 2 is 2.04 bits per heavy atom. The highest BCUT2D eigenvalue weighted by molar-refractivity contribution is 6.08. The monoisotopic (exact) mass is 384 g/mol. The summed E-state index contributed by atoms with van der Waals surface area (Å²) in [4.78, 5) is 35.8. The molecule has 0 atom stereocenters. The van der Waals surface area contributed by atoms with Gasteiger partial charge in [-0.15, -0.1) is 0 Å². The first-order valence-corrected chi connectivity index (χ1v) is 8.89. The minimum Gasteiger partial charge on any atom is -0.506 e. The summed E-state index contributed by atoms with van der Waals surface area (Å²) in [6, 6.07) is 6.71. The topological polar surface area (TPSA) is 103 Å². The first-order valence-electron chi connectivity index (χ1n) is 8.89. The van der Waals surface area contributed by atoms with Gasteiger partial charge in [-0.1, -0.05) is 18.2 Å². The molecule has 0 fully saturated rings. The minimum atomic E-state index is -0.831. The molecule has 7 heteroatoms. The number of hydrogen-bond acceptors (Lipinski definition) is 7. The lowest BCUT2D eigenvalue weighted by atomic mass is 9.94. The summed E-state index contributed by atoms with van der Waals surface area (Å²) < 4.78 is 15.0. The molecular formula is C21H20O7. The van der Waals surface area contributed by atoms with E-state index in [1.165, 1.54) is 19.3 Å². The van der Waals surface area contributed by atoms with E-state index in [9.17, 15) is 19.5 Å². The van der Waals surface area contributed by atoms with Crippen LogP contribution in [0.1, 0.15) is 40.1 Å². The number of ketones is 1. The molecule has 0 saturated carbocycles. The van der Waals surface area contributed by atoms with Gasteiger partial charge < -0.3 is 19.0 Å². The first-order chi connectivity index (χ1) is 13.5. The SMILES string of the molecule is COC(=O)COc1cccc(C=CC(=O)c2c(O)c3c(oc2=O)CCCC3)c1. The number of aromatic hydroxyl groups is 1. The Balaban J connectivity index is 1.79. The van der Waals surface area contributed by atoms with Gasteiger partial charge in [-0.2, -0.15) is 0 Å². The van der Waals surface area contributed by atoms with E-state index in [0.717, 1.165) is 12.8 Å². The van der Waals surface area contributed by atoms with Crippen LogP contribution in [0.15, 0.2) is 39.6 Å². The van der Waals surface area contributed by atoms with E-state index in [0.29, 0.717) is 35.5 Å². The van der Waals surface area contributed by atoms with Crippen LogP contribution in [-0.4, -0.2) is 30.6 Å². The van der Waals surface area contributed by atoms with Crippen molar-refractivity contribution < 1.29 is 28.6 Å². The Morgan fingerprint density at radius 1 is 1.25 bits per heavy atom. The zero-order chi connectivity index (χ0) is 20.1. The molecule has 0 saturated heterocycles. The first kappa shape index (κ1) is 19.4. The standard InChI is InChI=1S/C21H20O7/c1-26-18(23)12-27-14-6-4-5-13(11-14)9-10-16(22)19-20(24)15-7-2-3-8-17(15)28-21(19)25/h4-6,9-11,24H,2-3,7-8,12H2,1H3. The zero-order valence-electron chi connectivity index (χ0n) is 15.4. The van der Waals surface area contributed by atoms with Crippen LogP contribution in [-0.2, 0) is 22.4 Å². The van der Waals surface area contributed by atoms with Gasteiger partial charge in [-0.05, 0) is 43.0 Å². The molecule has 1 N–H and O–H groups in total. The van der Waals surface area contributed by atoms with Gasteiger partial charge in [0.1, 0.15) is 22.8 Å². The molecule has 146 valence electrons. The van der Waals surface area contributed by atoms with Crippen molar-refractivity contribution in [1.29, 1.82) is 0 Å². The van der Waals surface area contributed by atoms with Crippen LogP contribution in [0.2, 0.25) is 0 Å². The lowest BCUT2D eigenvalue weighted by Crippen LogP contribution is -2.17. The van der Waals surface area contributed by atoms with Gasteiger partial charge in [0, 0.05) is 12.0 Å². The predicted molar refractivity (Wildman–Crippen MR) is 101 cm³/mol. The minimum absolute atomic E-state index is 0.230. The summed E-state index contributed by atoms with van der Waals surface area (Å²) in [5, 5.41) is 10.4. The molecule has 1 aromatic heterocycles. The molecule has 0 bridgehead atoms. The molecule has 0 amide bonds. The van der Waals surface area contributed by atoms with Crippen LogP contribution >= 0.6 is 0 Å². The highest BCUT2D eigenvalue weighted by atomic mass is 16.6. The fourth-order valence-corrected chi connectivity index (χ4v) is 3.03. The lowest BCUT2D eigenvalue weighted by Gasteiger charge is -2.15. The number of methoxy groups -OCH3 is 1. The average Bonchev–Trinajstić information content (AvgIpc) is 2.70. The van der Waals surface area contributed by atoms with Crippen LogP contribution < -0.4 is 10.4 Å². The van der Waals surface area contributed by atoms with E-state index in [1.54, 1.807) is 24.3 Å². The second-order valence-electron chi connectivity index (χ2n) is 6.36. The van der Waals surface area contributed by atoms with Crippen LogP contribution in [0.4, 0.5) is 0 Å². The van der Waals surface area contributed by atoms with E-state index >= 15 is 0 Å². The molecule has 1 aliphatic carbocycles. The van der Waals surface area contributed by atoms with Gasteiger partial charge in [0.15, 0.2) is 12.4 Å². The van der Waals surface area contributed by atoms with Crippen molar-refractivity contribution in [3.8, 4) is 11.5 Å². The molecule has 0 aliphatic heterocycles. The summed E-state index contributed by atoms with van der Waals surface area (Å²) >= 11 is 0. The van der Waals surface area contributed by atoms with Crippen molar-refractivity contribution in [2.45, 2.75) is 25.7 Å². The number of carbonyl (C=O) groups excluding carboxylic acids is 2. The Bertz CT molecular complexity index is 985. The fourth-order valence-electron chi connectivity index (χ4n) is 3.03. The molecule has 1 heterocycles. The fraction of sp³-hybridized carbons (Fsp3) is 0.286. The van der Waals surface area contributed by atoms with Crippen LogP contribution in [0.5, 0.6) is 11.5 Å². The van der Waals surface area contributed by atoms with Crippen molar-refractivity contribution in [3.63, 3.8) is 0 Å². The van der Waals surface area contributed by atoms with Crippen molar-refractivity contribution >= 4 is 17.8 Å². The number of hydrogen-bond donors (Lipinski definition) is 1. The summed E-state index contributed by atoms with van der Waals surface area (Å²) in [6.45, 7) is -0.230. The molecule has 0 unspecified atom stereocenters. The summed E-state index contributed by atoms with van der Waals surface area (Å²) in [5.41, 5.74) is -0.0173. The molecule has 1 aliphatic rings. The smallest absolute Gasteiger partial charge is 0.351 e. The summed E-state index contributed by atoms with van der Waals surface area (Å²) in [7, 11) is 1.27. The quantitative estimate of drug-likeness (QED) is 0.464. The van der Waals surface area contributed by atoms with Crippen molar-refractivity contribution in [1.82, 2.24) is 0 Å².